The monoisotopic (exact) mass is 275 g/mol. The van der Waals surface area contributed by atoms with Crippen LogP contribution in [0.5, 0.6) is 5.75 Å². The van der Waals surface area contributed by atoms with Crippen LogP contribution in [0.15, 0.2) is 48.5 Å². The van der Waals surface area contributed by atoms with Gasteiger partial charge in [-0.05, 0) is 18.2 Å². The maximum absolute atomic E-state index is 13.4. The number of hydrogen-bond donors (Lipinski definition) is 3. The first-order valence-corrected chi connectivity index (χ1v) is 6.08. The lowest BCUT2D eigenvalue weighted by Gasteiger charge is -2.13. The number of benzene rings is 2. The standard InChI is InChI=1S/C15H14FNO3/c16-12-7-3-1-5-10(12)14(19)9-17-15(20)11-6-2-4-8-13(11)18/h1-8,14,18-19H,9H2,(H,17,20). The molecule has 2 aromatic carbocycles. The first-order valence-electron chi connectivity index (χ1n) is 6.08. The zero-order valence-corrected chi connectivity index (χ0v) is 10.6. The number of hydrogen-bond acceptors (Lipinski definition) is 3. The molecule has 5 heteroatoms. The van der Waals surface area contributed by atoms with Gasteiger partial charge in [0.1, 0.15) is 11.6 Å². The molecule has 0 aliphatic heterocycles. The third kappa shape index (κ3) is 3.13. The minimum absolute atomic E-state index is 0.105. The number of nitrogens with one attached hydrogen (secondary N) is 1. The molecule has 20 heavy (non-hydrogen) atoms. The van der Waals surface area contributed by atoms with E-state index in [0.29, 0.717) is 0 Å². The van der Waals surface area contributed by atoms with Crippen molar-refractivity contribution in [3.05, 3.63) is 65.5 Å². The Kier molecular flexibility index (Phi) is 4.32. The second-order valence-corrected chi connectivity index (χ2v) is 4.26. The molecule has 3 N–H and O–H groups in total. The average molecular weight is 275 g/mol. The summed E-state index contributed by atoms with van der Waals surface area (Å²) in [6.45, 7) is -0.145. The molecule has 0 saturated heterocycles. The highest BCUT2D eigenvalue weighted by molar-refractivity contribution is 5.96. The van der Waals surface area contributed by atoms with Crippen LogP contribution >= 0.6 is 0 Å². The van der Waals surface area contributed by atoms with E-state index in [9.17, 15) is 19.4 Å². The molecule has 0 radical (unpaired) electrons. The van der Waals surface area contributed by atoms with Crippen LogP contribution in [0.3, 0.4) is 0 Å². The Morgan fingerprint density at radius 1 is 1.15 bits per heavy atom. The number of carbonyl (C=O) groups is 1. The molecule has 0 aromatic heterocycles. The summed E-state index contributed by atoms with van der Waals surface area (Å²) in [5.74, 6) is -1.21. The van der Waals surface area contributed by atoms with Crippen LogP contribution in [-0.2, 0) is 0 Å². The molecule has 1 atom stereocenters. The fourth-order valence-corrected chi connectivity index (χ4v) is 1.81. The number of para-hydroxylation sites is 1. The van der Waals surface area contributed by atoms with E-state index in [4.69, 9.17) is 0 Å². The molecule has 4 nitrogen and oxygen atoms in total. The summed E-state index contributed by atoms with van der Waals surface area (Å²) in [6.07, 6.45) is -1.15. The second-order valence-electron chi connectivity index (χ2n) is 4.26. The Balaban J connectivity index is 2.01. The molecule has 0 fully saturated rings. The number of phenolic OH excluding ortho intramolecular Hbond substituents is 1. The Morgan fingerprint density at radius 3 is 2.50 bits per heavy atom. The molecule has 1 amide bonds. The summed E-state index contributed by atoms with van der Waals surface area (Å²) in [7, 11) is 0. The number of phenols is 1. The van der Waals surface area contributed by atoms with E-state index in [1.165, 1.54) is 30.3 Å². The summed E-state index contributed by atoms with van der Waals surface area (Å²) < 4.78 is 13.4. The number of amides is 1. The minimum Gasteiger partial charge on any atom is -0.507 e. The summed E-state index contributed by atoms with van der Waals surface area (Å²) in [5.41, 5.74) is 0.221. The van der Waals surface area contributed by atoms with E-state index < -0.39 is 17.8 Å². The number of aliphatic hydroxyl groups excluding tert-OH is 1. The highest BCUT2D eigenvalue weighted by Crippen LogP contribution is 2.17. The predicted molar refractivity (Wildman–Crippen MR) is 71.8 cm³/mol. The molecular weight excluding hydrogens is 261 g/mol. The van der Waals surface area contributed by atoms with Gasteiger partial charge in [0.25, 0.3) is 5.91 Å². The van der Waals surface area contributed by atoms with Crippen molar-refractivity contribution in [1.82, 2.24) is 5.32 Å². The van der Waals surface area contributed by atoms with Gasteiger partial charge >= 0.3 is 0 Å². The van der Waals surface area contributed by atoms with Gasteiger partial charge < -0.3 is 15.5 Å². The smallest absolute Gasteiger partial charge is 0.255 e. The number of aromatic hydroxyl groups is 1. The molecule has 2 aromatic rings. The van der Waals surface area contributed by atoms with E-state index in [1.807, 2.05) is 0 Å². The van der Waals surface area contributed by atoms with Crippen LogP contribution in [0.1, 0.15) is 22.0 Å². The molecule has 0 aliphatic carbocycles. The van der Waals surface area contributed by atoms with Crippen LogP contribution < -0.4 is 5.32 Å². The van der Waals surface area contributed by atoms with Crippen molar-refractivity contribution in [1.29, 1.82) is 0 Å². The quantitative estimate of drug-likeness (QED) is 0.799. The number of halogens is 1. The molecule has 0 heterocycles. The lowest BCUT2D eigenvalue weighted by atomic mass is 10.1. The second kappa shape index (κ2) is 6.16. The summed E-state index contributed by atoms with van der Waals surface area (Å²) in [4.78, 5) is 11.8. The van der Waals surface area contributed by atoms with Gasteiger partial charge in [0.05, 0.1) is 11.7 Å². The normalized spacial score (nSPS) is 11.9. The number of carbonyl (C=O) groups excluding carboxylic acids is 1. The largest absolute Gasteiger partial charge is 0.507 e. The van der Waals surface area contributed by atoms with E-state index >= 15 is 0 Å². The first kappa shape index (κ1) is 14.0. The molecule has 0 aliphatic rings. The van der Waals surface area contributed by atoms with E-state index in [-0.39, 0.29) is 23.4 Å². The van der Waals surface area contributed by atoms with Crippen molar-refractivity contribution < 1.29 is 19.4 Å². The van der Waals surface area contributed by atoms with Crippen molar-refractivity contribution >= 4 is 5.91 Å². The minimum atomic E-state index is -1.15. The zero-order valence-electron chi connectivity index (χ0n) is 10.6. The fraction of sp³-hybridized carbons (Fsp3) is 0.133. The van der Waals surface area contributed by atoms with Crippen LogP contribution in [0, 0.1) is 5.82 Å². The molecule has 1 unspecified atom stereocenters. The molecular formula is C15H14FNO3. The highest BCUT2D eigenvalue weighted by Gasteiger charge is 2.15. The van der Waals surface area contributed by atoms with Gasteiger partial charge in [-0.1, -0.05) is 30.3 Å². The lowest BCUT2D eigenvalue weighted by Crippen LogP contribution is -2.28. The molecule has 0 spiro atoms. The van der Waals surface area contributed by atoms with Crippen LogP contribution in [-0.4, -0.2) is 22.7 Å². The van der Waals surface area contributed by atoms with Gasteiger partial charge in [-0.25, -0.2) is 4.39 Å². The number of aliphatic hydroxyl groups is 1. The third-order valence-corrected chi connectivity index (χ3v) is 2.87. The van der Waals surface area contributed by atoms with Gasteiger partial charge in [0.15, 0.2) is 0 Å². The zero-order chi connectivity index (χ0) is 14.5. The van der Waals surface area contributed by atoms with Crippen molar-refractivity contribution in [2.24, 2.45) is 0 Å². The van der Waals surface area contributed by atoms with Crippen LogP contribution in [0.2, 0.25) is 0 Å². The SMILES string of the molecule is O=C(NCC(O)c1ccccc1F)c1ccccc1O. The highest BCUT2D eigenvalue weighted by atomic mass is 19.1. The molecule has 2 rings (SSSR count). The Bertz CT molecular complexity index is 616. The third-order valence-electron chi connectivity index (χ3n) is 2.87. The van der Waals surface area contributed by atoms with Crippen molar-refractivity contribution in [3.8, 4) is 5.75 Å². The molecule has 104 valence electrons. The van der Waals surface area contributed by atoms with Crippen molar-refractivity contribution in [2.75, 3.05) is 6.54 Å². The summed E-state index contributed by atoms with van der Waals surface area (Å²) in [6, 6.07) is 11.9. The maximum Gasteiger partial charge on any atom is 0.255 e. The fourth-order valence-electron chi connectivity index (χ4n) is 1.81. The number of rotatable bonds is 4. The maximum atomic E-state index is 13.4. The lowest BCUT2D eigenvalue weighted by molar-refractivity contribution is 0.0911. The average Bonchev–Trinajstić information content (AvgIpc) is 2.45. The molecule has 0 bridgehead atoms. The van der Waals surface area contributed by atoms with E-state index in [1.54, 1.807) is 18.2 Å². The van der Waals surface area contributed by atoms with E-state index in [2.05, 4.69) is 5.32 Å². The summed E-state index contributed by atoms with van der Waals surface area (Å²) in [5, 5.41) is 21.8. The van der Waals surface area contributed by atoms with Crippen LogP contribution in [0.4, 0.5) is 4.39 Å². The molecule has 0 saturated carbocycles. The van der Waals surface area contributed by atoms with Gasteiger partial charge in [0, 0.05) is 12.1 Å². The van der Waals surface area contributed by atoms with Crippen molar-refractivity contribution in [3.63, 3.8) is 0 Å². The summed E-state index contributed by atoms with van der Waals surface area (Å²) >= 11 is 0. The van der Waals surface area contributed by atoms with E-state index in [0.717, 1.165) is 0 Å². The van der Waals surface area contributed by atoms with Gasteiger partial charge in [-0.2, -0.15) is 0 Å². The first-order chi connectivity index (χ1) is 9.59. The Morgan fingerprint density at radius 2 is 1.80 bits per heavy atom. The van der Waals surface area contributed by atoms with Crippen LogP contribution in [0.25, 0.3) is 0 Å². The topological polar surface area (TPSA) is 69.6 Å². The van der Waals surface area contributed by atoms with Gasteiger partial charge in [-0.3, -0.25) is 4.79 Å². The Hall–Kier alpha value is -2.40. The van der Waals surface area contributed by atoms with Gasteiger partial charge in [-0.15, -0.1) is 0 Å². The Labute approximate surface area is 115 Å². The van der Waals surface area contributed by atoms with Gasteiger partial charge in [0.2, 0.25) is 0 Å². The predicted octanol–water partition coefficient (Wildman–Crippen LogP) is 1.99. The van der Waals surface area contributed by atoms with Crippen molar-refractivity contribution in [2.45, 2.75) is 6.10 Å².